The maximum absolute atomic E-state index is 12.0. The zero-order valence-corrected chi connectivity index (χ0v) is 11.9. The number of ether oxygens (including phenoxy) is 1. The Balaban J connectivity index is 2.15. The summed E-state index contributed by atoms with van der Waals surface area (Å²) in [5.41, 5.74) is 1.50. The molecule has 0 spiro atoms. The SMILES string of the molecule is COCCCNC(=O)c1c[nH]c(=O)c(-c2ccccc2)c1. The zero-order chi connectivity index (χ0) is 15.1. The van der Waals surface area contributed by atoms with Crippen LogP contribution in [0.1, 0.15) is 16.8 Å². The lowest BCUT2D eigenvalue weighted by atomic mass is 10.1. The predicted octanol–water partition coefficient (Wildman–Crippen LogP) is 1.81. The number of H-pyrrole nitrogens is 1. The lowest BCUT2D eigenvalue weighted by Gasteiger charge is -2.06. The summed E-state index contributed by atoms with van der Waals surface area (Å²) in [6.45, 7) is 1.13. The summed E-state index contributed by atoms with van der Waals surface area (Å²) in [6.07, 6.45) is 2.18. The Morgan fingerprint density at radius 3 is 2.76 bits per heavy atom. The van der Waals surface area contributed by atoms with Crippen molar-refractivity contribution < 1.29 is 9.53 Å². The number of aromatic nitrogens is 1. The normalized spacial score (nSPS) is 10.3. The molecule has 1 aromatic heterocycles. The Bertz CT molecular complexity index is 650. The first kappa shape index (κ1) is 15.0. The summed E-state index contributed by atoms with van der Waals surface area (Å²) in [7, 11) is 1.62. The zero-order valence-electron chi connectivity index (χ0n) is 11.9. The van der Waals surface area contributed by atoms with Crippen LogP contribution < -0.4 is 10.9 Å². The van der Waals surface area contributed by atoms with Gasteiger partial charge in [0.1, 0.15) is 0 Å². The van der Waals surface area contributed by atoms with Crippen LogP contribution in [0.15, 0.2) is 47.4 Å². The summed E-state index contributed by atoms with van der Waals surface area (Å²) in [5.74, 6) is -0.209. The van der Waals surface area contributed by atoms with Crippen molar-refractivity contribution in [3.05, 3.63) is 58.5 Å². The van der Waals surface area contributed by atoms with E-state index in [0.29, 0.717) is 24.3 Å². The quantitative estimate of drug-likeness (QED) is 0.796. The van der Waals surface area contributed by atoms with E-state index < -0.39 is 0 Å². The smallest absolute Gasteiger partial charge is 0.255 e. The molecule has 21 heavy (non-hydrogen) atoms. The molecular weight excluding hydrogens is 268 g/mol. The van der Waals surface area contributed by atoms with Crippen LogP contribution in [-0.4, -0.2) is 31.2 Å². The molecule has 5 nitrogen and oxygen atoms in total. The molecule has 2 aromatic rings. The molecule has 0 fully saturated rings. The second-order valence-corrected chi connectivity index (χ2v) is 4.60. The second-order valence-electron chi connectivity index (χ2n) is 4.60. The van der Waals surface area contributed by atoms with Gasteiger partial charge in [-0.05, 0) is 18.1 Å². The lowest BCUT2D eigenvalue weighted by molar-refractivity contribution is 0.0948. The highest BCUT2D eigenvalue weighted by atomic mass is 16.5. The molecule has 110 valence electrons. The number of pyridine rings is 1. The van der Waals surface area contributed by atoms with Crippen molar-refractivity contribution in [2.75, 3.05) is 20.3 Å². The molecule has 1 heterocycles. The fourth-order valence-corrected chi connectivity index (χ4v) is 1.97. The van der Waals surface area contributed by atoms with Crippen molar-refractivity contribution >= 4 is 5.91 Å². The number of rotatable bonds is 6. The molecule has 0 bridgehead atoms. The molecule has 5 heteroatoms. The molecule has 0 unspecified atom stereocenters. The second kappa shape index (κ2) is 7.40. The van der Waals surface area contributed by atoms with Gasteiger partial charge in [-0.1, -0.05) is 30.3 Å². The molecule has 0 saturated carbocycles. The standard InChI is InChI=1S/C16H18N2O3/c1-21-9-5-8-17-15(19)13-10-14(16(20)18-11-13)12-6-3-2-4-7-12/h2-4,6-7,10-11H,5,8-9H2,1H3,(H,17,19)(H,18,20). The van der Waals surface area contributed by atoms with Gasteiger partial charge in [-0.2, -0.15) is 0 Å². The van der Waals surface area contributed by atoms with E-state index in [-0.39, 0.29) is 11.5 Å². The van der Waals surface area contributed by atoms with Crippen molar-refractivity contribution in [1.82, 2.24) is 10.3 Å². The number of aromatic amines is 1. The molecule has 0 aliphatic carbocycles. The molecule has 0 aliphatic heterocycles. The van der Waals surface area contributed by atoms with Crippen molar-refractivity contribution in [1.29, 1.82) is 0 Å². The lowest BCUT2D eigenvalue weighted by Crippen LogP contribution is -2.26. The minimum atomic E-state index is -0.211. The number of carbonyl (C=O) groups excluding carboxylic acids is 1. The Labute approximate surface area is 123 Å². The van der Waals surface area contributed by atoms with Crippen LogP contribution in [0.5, 0.6) is 0 Å². The van der Waals surface area contributed by atoms with Gasteiger partial charge in [0.25, 0.3) is 11.5 Å². The van der Waals surface area contributed by atoms with E-state index in [0.717, 1.165) is 12.0 Å². The summed E-state index contributed by atoms with van der Waals surface area (Å²) in [5, 5.41) is 2.79. The van der Waals surface area contributed by atoms with Crippen LogP contribution in [0, 0.1) is 0 Å². The summed E-state index contributed by atoms with van der Waals surface area (Å²) < 4.78 is 4.92. The van der Waals surface area contributed by atoms with Crippen molar-refractivity contribution in [2.24, 2.45) is 0 Å². The number of methoxy groups -OCH3 is 1. The van der Waals surface area contributed by atoms with Crippen LogP contribution in [-0.2, 0) is 4.74 Å². The molecule has 0 aliphatic rings. The van der Waals surface area contributed by atoms with E-state index in [1.165, 1.54) is 6.20 Å². The highest BCUT2D eigenvalue weighted by Crippen LogP contribution is 2.15. The molecule has 2 N–H and O–H groups in total. The third kappa shape index (κ3) is 4.03. The van der Waals surface area contributed by atoms with Crippen molar-refractivity contribution in [2.45, 2.75) is 6.42 Å². The van der Waals surface area contributed by atoms with Crippen LogP contribution in [0.4, 0.5) is 0 Å². The number of benzene rings is 1. The third-order valence-electron chi connectivity index (χ3n) is 3.06. The molecule has 0 atom stereocenters. The molecule has 0 radical (unpaired) electrons. The van der Waals surface area contributed by atoms with Gasteiger partial charge >= 0.3 is 0 Å². The van der Waals surface area contributed by atoms with Crippen LogP contribution in [0.25, 0.3) is 11.1 Å². The van der Waals surface area contributed by atoms with Gasteiger partial charge in [0.15, 0.2) is 0 Å². The highest BCUT2D eigenvalue weighted by molar-refractivity contribution is 5.95. The number of amides is 1. The Hall–Kier alpha value is -2.40. The summed E-state index contributed by atoms with van der Waals surface area (Å²) >= 11 is 0. The van der Waals surface area contributed by atoms with Gasteiger partial charge in [0.05, 0.1) is 5.56 Å². The van der Waals surface area contributed by atoms with E-state index in [4.69, 9.17) is 4.74 Å². The average Bonchev–Trinajstić information content (AvgIpc) is 2.52. The average molecular weight is 286 g/mol. The van der Waals surface area contributed by atoms with Gasteiger partial charge in [0, 0.05) is 32.0 Å². The Morgan fingerprint density at radius 1 is 1.29 bits per heavy atom. The summed E-state index contributed by atoms with van der Waals surface area (Å²) in [6, 6.07) is 10.9. The minimum absolute atomic E-state index is 0.209. The monoisotopic (exact) mass is 286 g/mol. The molecule has 0 saturated heterocycles. The molecule has 1 amide bonds. The van der Waals surface area contributed by atoms with E-state index in [1.54, 1.807) is 13.2 Å². The summed E-state index contributed by atoms with van der Waals surface area (Å²) in [4.78, 5) is 26.5. The van der Waals surface area contributed by atoms with Gasteiger partial charge in [0.2, 0.25) is 0 Å². The highest BCUT2D eigenvalue weighted by Gasteiger charge is 2.09. The number of hydrogen-bond donors (Lipinski definition) is 2. The van der Waals surface area contributed by atoms with Crippen LogP contribution in [0.3, 0.4) is 0 Å². The molecule has 2 rings (SSSR count). The van der Waals surface area contributed by atoms with E-state index in [9.17, 15) is 9.59 Å². The maximum atomic E-state index is 12.0. The van der Waals surface area contributed by atoms with Crippen LogP contribution in [0.2, 0.25) is 0 Å². The van der Waals surface area contributed by atoms with Gasteiger partial charge in [-0.3, -0.25) is 9.59 Å². The van der Waals surface area contributed by atoms with Gasteiger partial charge in [-0.15, -0.1) is 0 Å². The Morgan fingerprint density at radius 2 is 2.05 bits per heavy atom. The van der Waals surface area contributed by atoms with Gasteiger partial charge < -0.3 is 15.0 Å². The van der Waals surface area contributed by atoms with Crippen molar-refractivity contribution in [3.8, 4) is 11.1 Å². The largest absolute Gasteiger partial charge is 0.385 e. The van der Waals surface area contributed by atoms with Crippen LogP contribution >= 0.6 is 0 Å². The number of nitrogens with one attached hydrogen (secondary N) is 2. The number of hydrogen-bond acceptors (Lipinski definition) is 3. The number of carbonyl (C=O) groups is 1. The molecule has 1 aromatic carbocycles. The van der Waals surface area contributed by atoms with E-state index in [1.807, 2.05) is 30.3 Å². The molecular formula is C16H18N2O3. The fraction of sp³-hybridized carbons (Fsp3) is 0.250. The van der Waals surface area contributed by atoms with Gasteiger partial charge in [-0.25, -0.2) is 0 Å². The van der Waals surface area contributed by atoms with E-state index in [2.05, 4.69) is 10.3 Å². The Kier molecular flexibility index (Phi) is 5.29. The first-order valence-corrected chi connectivity index (χ1v) is 6.77. The van der Waals surface area contributed by atoms with Crippen molar-refractivity contribution in [3.63, 3.8) is 0 Å². The third-order valence-corrected chi connectivity index (χ3v) is 3.06. The first-order chi connectivity index (χ1) is 10.2. The fourth-order valence-electron chi connectivity index (χ4n) is 1.97. The predicted molar refractivity (Wildman–Crippen MR) is 81.3 cm³/mol. The first-order valence-electron chi connectivity index (χ1n) is 6.77. The topological polar surface area (TPSA) is 71.2 Å². The maximum Gasteiger partial charge on any atom is 0.255 e. The minimum Gasteiger partial charge on any atom is -0.385 e. The van der Waals surface area contributed by atoms with E-state index >= 15 is 0 Å².